The number of hydrogen-bond acceptors (Lipinski definition) is 3. The summed E-state index contributed by atoms with van der Waals surface area (Å²) in [5.41, 5.74) is 7.24. The lowest BCUT2D eigenvalue weighted by atomic mass is 9.77. The van der Waals surface area contributed by atoms with E-state index in [4.69, 9.17) is 17.3 Å². The fourth-order valence-corrected chi connectivity index (χ4v) is 2.56. The fraction of sp³-hybridized carbons (Fsp3) is 0.538. The van der Waals surface area contributed by atoms with Crippen LogP contribution in [-0.4, -0.2) is 16.3 Å². The van der Waals surface area contributed by atoms with Crippen LogP contribution < -0.4 is 5.73 Å². The van der Waals surface area contributed by atoms with E-state index >= 15 is 0 Å². The average molecular weight is 292 g/mol. The normalized spacial score (nSPS) is 18.7. The van der Waals surface area contributed by atoms with Gasteiger partial charge in [0.15, 0.2) is 0 Å². The van der Waals surface area contributed by atoms with Crippen LogP contribution in [0.5, 0.6) is 5.75 Å². The zero-order chi connectivity index (χ0) is 12.6. The maximum atomic E-state index is 10.1. The number of halogens is 2. The molecule has 0 heterocycles. The van der Waals surface area contributed by atoms with Gasteiger partial charge in [-0.3, -0.25) is 0 Å². The van der Waals surface area contributed by atoms with Gasteiger partial charge in [0.05, 0.1) is 12.1 Å². The van der Waals surface area contributed by atoms with Gasteiger partial charge in [0, 0.05) is 10.6 Å². The van der Waals surface area contributed by atoms with Gasteiger partial charge in [0.1, 0.15) is 5.75 Å². The predicted octanol–water partition coefficient (Wildman–Crippen LogP) is 2.94. The predicted molar refractivity (Wildman–Crippen MR) is 75.4 cm³/mol. The van der Waals surface area contributed by atoms with Crippen molar-refractivity contribution in [1.29, 1.82) is 0 Å². The van der Waals surface area contributed by atoms with Crippen LogP contribution >= 0.6 is 24.0 Å². The molecule has 1 fully saturated rings. The quantitative estimate of drug-likeness (QED) is 0.802. The van der Waals surface area contributed by atoms with Gasteiger partial charge in [0.2, 0.25) is 0 Å². The number of aliphatic hydroxyl groups excluding tert-OH is 1. The van der Waals surface area contributed by atoms with Crippen LogP contribution in [0.25, 0.3) is 0 Å². The second-order valence-electron chi connectivity index (χ2n) is 4.87. The van der Waals surface area contributed by atoms with Crippen LogP contribution in [0.15, 0.2) is 12.1 Å². The molecule has 0 unspecified atom stereocenters. The van der Waals surface area contributed by atoms with E-state index in [1.165, 1.54) is 0 Å². The zero-order valence-corrected chi connectivity index (χ0v) is 11.8. The Morgan fingerprint density at radius 1 is 1.39 bits per heavy atom. The van der Waals surface area contributed by atoms with Crippen molar-refractivity contribution >= 4 is 24.0 Å². The molecule has 102 valence electrons. The fourth-order valence-electron chi connectivity index (χ4n) is 2.27. The van der Waals surface area contributed by atoms with E-state index in [1.54, 1.807) is 19.1 Å². The molecule has 2 rings (SSSR count). The molecule has 1 aliphatic carbocycles. The smallest absolute Gasteiger partial charge is 0.123 e. The van der Waals surface area contributed by atoms with Gasteiger partial charge in [-0.05, 0) is 43.4 Å². The second-order valence-corrected chi connectivity index (χ2v) is 5.30. The molecule has 1 aliphatic rings. The Morgan fingerprint density at radius 3 is 2.50 bits per heavy atom. The van der Waals surface area contributed by atoms with E-state index in [0.29, 0.717) is 16.1 Å². The Labute approximate surface area is 118 Å². The first-order chi connectivity index (χ1) is 8.00. The lowest BCUT2D eigenvalue weighted by molar-refractivity contribution is 0.0407. The number of aromatic hydroxyl groups is 1. The molecule has 5 heteroatoms. The maximum absolute atomic E-state index is 10.1. The highest BCUT2D eigenvalue weighted by molar-refractivity contribution is 6.30. The van der Waals surface area contributed by atoms with Crippen LogP contribution in [0, 0.1) is 12.8 Å². The molecule has 0 bridgehead atoms. The highest BCUT2D eigenvalue weighted by Gasteiger charge is 2.32. The highest BCUT2D eigenvalue weighted by Crippen LogP contribution is 2.38. The standard InChI is InChI=1S/C13H18ClNO2.ClH/c1-7-5-9(14)6-10(12(7)16)11(15)13(17)8-3-2-4-8;/h5-6,8,11,13,16-17H,2-4,15H2,1H3;1H/t11-,13+;/m0./s1. The summed E-state index contributed by atoms with van der Waals surface area (Å²) in [7, 11) is 0. The molecule has 0 spiro atoms. The van der Waals surface area contributed by atoms with E-state index in [-0.39, 0.29) is 24.1 Å². The SMILES string of the molecule is Cc1cc(Cl)cc([C@H](N)[C@H](O)C2CCC2)c1O.Cl. The summed E-state index contributed by atoms with van der Waals surface area (Å²) in [4.78, 5) is 0. The van der Waals surface area contributed by atoms with Gasteiger partial charge >= 0.3 is 0 Å². The van der Waals surface area contributed by atoms with Crippen molar-refractivity contribution in [3.63, 3.8) is 0 Å². The third kappa shape index (κ3) is 2.91. The van der Waals surface area contributed by atoms with E-state index in [2.05, 4.69) is 0 Å². The van der Waals surface area contributed by atoms with E-state index in [1.807, 2.05) is 0 Å². The molecule has 1 aromatic rings. The monoisotopic (exact) mass is 291 g/mol. The van der Waals surface area contributed by atoms with Crippen LogP contribution in [0.3, 0.4) is 0 Å². The van der Waals surface area contributed by atoms with Crippen LogP contribution in [0.4, 0.5) is 0 Å². The van der Waals surface area contributed by atoms with Crippen LogP contribution in [-0.2, 0) is 0 Å². The Kier molecular flexibility index (Phi) is 5.29. The minimum absolute atomic E-state index is 0. The minimum Gasteiger partial charge on any atom is -0.507 e. The van der Waals surface area contributed by atoms with E-state index in [0.717, 1.165) is 19.3 Å². The van der Waals surface area contributed by atoms with Crippen molar-refractivity contribution in [2.24, 2.45) is 11.7 Å². The maximum Gasteiger partial charge on any atom is 0.123 e. The molecule has 0 saturated heterocycles. The lowest BCUT2D eigenvalue weighted by Crippen LogP contribution is -2.36. The van der Waals surface area contributed by atoms with Crippen LogP contribution in [0.1, 0.15) is 36.4 Å². The van der Waals surface area contributed by atoms with Gasteiger partial charge in [-0.1, -0.05) is 18.0 Å². The lowest BCUT2D eigenvalue weighted by Gasteiger charge is -2.34. The molecule has 0 radical (unpaired) electrons. The first-order valence-electron chi connectivity index (χ1n) is 5.93. The topological polar surface area (TPSA) is 66.5 Å². The molecule has 0 aromatic heterocycles. The Balaban J connectivity index is 0.00000162. The van der Waals surface area contributed by atoms with Crippen molar-refractivity contribution in [2.75, 3.05) is 0 Å². The van der Waals surface area contributed by atoms with Crippen molar-refractivity contribution in [3.8, 4) is 5.75 Å². The Morgan fingerprint density at radius 2 is 2.00 bits per heavy atom. The summed E-state index contributed by atoms with van der Waals surface area (Å²) >= 11 is 5.95. The molecule has 1 saturated carbocycles. The van der Waals surface area contributed by atoms with E-state index < -0.39 is 12.1 Å². The van der Waals surface area contributed by atoms with Crippen molar-refractivity contribution < 1.29 is 10.2 Å². The van der Waals surface area contributed by atoms with Gasteiger partial charge < -0.3 is 15.9 Å². The molecule has 1 aromatic carbocycles. The third-order valence-corrected chi connectivity index (χ3v) is 3.87. The first-order valence-corrected chi connectivity index (χ1v) is 6.31. The van der Waals surface area contributed by atoms with Gasteiger partial charge in [-0.25, -0.2) is 0 Å². The molecule has 3 nitrogen and oxygen atoms in total. The number of nitrogens with two attached hydrogens (primary N) is 1. The first kappa shape index (κ1) is 15.6. The molecular formula is C13H19Cl2NO2. The second kappa shape index (κ2) is 6.11. The number of rotatable bonds is 3. The summed E-state index contributed by atoms with van der Waals surface area (Å²) in [6, 6.07) is 2.75. The molecule has 18 heavy (non-hydrogen) atoms. The van der Waals surface area contributed by atoms with Gasteiger partial charge in [-0.2, -0.15) is 0 Å². The third-order valence-electron chi connectivity index (χ3n) is 3.65. The van der Waals surface area contributed by atoms with Crippen LogP contribution in [0.2, 0.25) is 5.02 Å². The average Bonchev–Trinajstić information content (AvgIpc) is 2.19. The number of aliphatic hydroxyl groups is 1. The van der Waals surface area contributed by atoms with Gasteiger partial charge in [-0.15, -0.1) is 12.4 Å². The summed E-state index contributed by atoms with van der Waals surface area (Å²) in [6.45, 7) is 1.77. The number of phenolic OH excluding ortho intramolecular Hbond substituents is 1. The van der Waals surface area contributed by atoms with E-state index in [9.17, 15) is 10.2 Å². The molecule has 4 N–H and O–H groups in total. The molecule has 0 amide bonds. The summed E-state index contributed by atoms with van der Waals surface area (Å²) in [5.74, 6) is 0.393. The van der Waals surface area contributed by atoms with Crippen molar-refractivity contribution in [1.82, 2.24) is 0 Å². The summed E-state index contributed by atoms with van der Waals surface area (Å²) < 4.78 is 0. The molecule has 0 aliphatic heterocycles. The zero-order valence-electron chi connectivity index (χ0n) is 10.3. The highest BCUT2D eigenvalue weighted by atomic mass is 35.5. The summed E-state index contributed by atoms with van der Waals surface area (Å²) in [5, 5.41) is 20.6. The van der Waals surface area contributed by atoms with Crippen molar-refractivity contribution in [3.05, 3.63) is 28.3 Å². The largest absolute Gasteiger partial charge is 0.507 e. The number of aryl methyl sites for hydroxylation is 1. The summed E-state index contributed by atoms with van der Waals surface area (Å²) in [6.07, 6.45) is 2.56. The number of hydrogen-bond donors (Lipinski definition) is 3. The Bertz CT molecular complexity index is 422. The molecular weight excluding hydrogens is 273 g/mol. The molecule has 2 atom stereocenters. The number of benzene rings is 1. The number of phenols is 1. The van der Waals surface area contributed by atoms with Crippen molar-refractivity contribution in [2.45, 2.75) is 38.3 Å². The van der Waals surface area contributed by atoms with Gasteiger partial charge in [0.25, 0.3) is 0 Å². The Hall–Kier alpha value is -0.480. The minimum atomic E-state index is -0.604.